The Bertz CT molecular complexity index is 1650. The largest absolute Gasteiger partial charge is 0.378 e. The van der Waals surface area contributed by atoms with Gasteiger partial charge in [0.2, 0.25) is 0 Å². The minimum Gasteiger partial charge on any atom is -0.378 e. The summed E-state index contributed by atoms with van der Waals surface area (Å²) < 4.78 is 13.9. The summed E-state index contributed by atoms with van der Waals surface area (Å²) >= 11 is 0. The molecule has 1 fully saturated rings. The average molecular weight is 545 g/mol. The third-order valence-electron chi connectivity index (χ3n) is 8.09. The van der Waals surface area contributed by atoms with Crippen LogP contribution in [0.5, 0.6) is 0 Å². The average Bonchev–Trinajstić information content (AvgIpc) is 3.72. The van der Waals surface area contributed by atoms with Gasteiger partial charge in [0.25, 0.3) is 0 Å². The molecule has 41 heavy (non-hydrogen) atoms. The lowest BCUT2D eigenvalue weighted by Gasteiger charge is -2.34. The molecule has 4 N–H and O–H groups in total. The van der Waals surface area contributed by atoms with E-state index in [4.69, 9.17) is 0 Å². The topological polar surface area (TPSA) is 88.0 Å². The van der Waals surface area contributed by atoms with Gasteiger partial charge < -0.3 is 16.1 Å². The highest BCUT2D eigenvalue weighted by molar-refractivity contribution is 6.19. The first-order valence-corrected chi connectivity index (χ1v) is 14.1. The number of hydrogen-bond acceptors (Lipinski definition) is 7. The number of anilines is 2. The summed E-state index contributed by atoms with van der Waals surface area (Å²) in [6.45, 7) is 4.16. The molecule has 6 rings (SSSR count). The third kappa shape index (κ3) is 5.19. The van der Waals surface area contributed by atoms with E-state index in [1.165, 1.54) is 12.1 Å². The van der Waals surface area contributed by atoms with E-state index >= 15 is 0 Å². The monoisotopic (exact) mass is 545 g/mol. The van der Waals surface area contributed by atoms with Crippen LogP contribution in [-0.4, -0.2) is 23.9 Å². The zero-order valence-corrected chi connectivity index (χ0v) is 23.5. The molecule has 0 saturated heterocycles. The minimum atomic E-state index is -0.714. The van der Waals surface area contributed by atoms with E-state index in [-0.39, 0.29) is 11.9 Å². The summed E-state index contributed by atoms with van der Waals surface area (Å²) in [7, 11) is 2.09. The normalized spacial score (nSPS) is 16.8. The van der Waals surface area contributed by atoms with Gasteiger partial charge in [-0.25, -0.2) is 4.39 Å². The van der Waals surface area contributed by atoms with Gasteiger partial charge in [0, 0.05) is 29.5 Å². The van der Waals surface area contributed by atoms with Gasteiger partial charge in [-0.2, -0.15) is 5.26 Å². The van der Waals surface area contributed by atoms with Crippen molar-refractivity contribution in [2.24, 2.45) is 0 Å². The van der Waals surface area contributed by atoms with Crippen LogP contribution in [0.2, 0.25) is 0 Å². The smallest absolute Gasteiger partial charge is 0.148 e. The second kappa shape index (κ2) is 10.8. The summed E-state index contributed by atoms with van der Waals surface area (Å²) in [5.41, 5.74) is 12.8. The summed E-state index contributed by atoms with van der Waals surface area (Å²) in [4.78, 5) is 4.66. The van der Waals surface area contributed by atoms with Crippen LogP contribution >= 0.6 is 0 Å². The molecule has 3 aromatic carbocycles. The fourth-order valence-electron chi connectivity index (χ4n) is 5.57. The molecule has 206 valence electrons. The van der Waals surface area contributed by atoms with Gasteiger partial charge in [-0.05, 0) is 67.1 Å². The highest BCUT2D eigenvalue weighted by Crippen LogP contribution is 2.38. The van der Waals surface area contributed by atoms with Crippen LogP contribution in [-0.2, 0) is 5.44 Å². The number of rotatable bonds is 9. The van der Waals surface area contributed by atoms with E-state index in [0.717, 1.165) is 63.9 Å². The highest BCUT2D eigenvalue weighted by Gasteiger charge is 2.38. The number of nitrogens with zero attached hydrogens (tertiary/aromatic N) is 3. The third-order valence-corrected chi connectivity index (χ3v) is 8.09. The Kier molecular flexibility index (Phi) is 7.02. The van der Waals surface area contributed by atoms with Crippen molar-refractivity contribution in [3.63, 3.8) is 0 Å². The van der Waals surface area contributed by atoms with Crippen molar-refractivity contribution in [1.82, 2.24) is 21.0 Å². The molecule has 2 aliphatic rings. The maximum absolute atomic E-state index is 13.9. The minimum absolute atomic E-state index is 0.0302. The predicted molar refractivity (Wildman–Crippen MR) is 164 cm³/mol. The number of aromatic nitrogens is 1. The molecule has 0 amide bonds. The lowest BCUT2D eigenvalue weighted by molar-refractivity contribution is 0.260. The van der Waals surface area contributed by atoms with E-state index in [0.29, 0.717) is 11.6 Å². The highest BCUT2D eigenvalue weighted by atomic mass is 19.1. The van der Waals surface area contributed by atoms with Crippen molar-refractivity contribution in [3.05, 3.63) is 113 Å². The van der Waals surface area contributed by atoms with E-state index in [2.05, 4.69) is 82.9 Å². The van der Waals surface area contributed by atoms with Crippen LogP contribution in [0.15, 0.2) is 84.8 Å². The zero-order chi connectivity index (χ0) is 28.6. The van der Waals surface area contributed by atoms with Crippen LogP contribution in [0.4, 0.5) is 15.8 Å². The van der Waals surface area contributed by atoms with Gasteiger partial charge in [-0.1, -0.05) is 49.4 Å². The van der Waals surface area contributed by atoms with Gasteiger partial charge in [-0.3, -0.25) is 9.99 Å². The molecule has 7 nitrogen and oxygen atoms in total. The van der Waals surface area contributed by atoms with Gasteiger partial charge in [-0.15, -0.1) is 5.53 Å². The molecule has 1 aliphatic heterocycles. The maximum Gasteiger partial charge on any atom is 0.148 e. The zero-order valence-electron chi connectivity index (χ0n) is 23.5. The van der Waals surface area contributed by atoms with Gasteiger partial charge >= 0.3 is 0 Å². The Morgan fingerprint density at radius 1 is 1.17 bits per heavy atom. The summed E-state index contributed by atoms with van der Waals surface area (Å²) in [6.07, 6.45) is 6.89. The number of hydrazine groups is 2. The van der Waals surface area contributed by atoms with Crippen LogP contribution in [0.1, 0.15) is 54.5 Å². The second-order valence-corrected chi connectivity index (χ2v) is 11.0. The fourth-order valence-corrected chi connectivity index (χ4v) is 5.57. The maximum atomic E-state index is 13.9. The quantitative estimate of drug-likeness (QED) is 0.211. The first-order valence-electron chi connectivity index (χ1n) is 14.1. The molecule has 0 spiro atoms. The van der Waals surface area contributed by atoms with Gasteiger partial charge in [0.05, 0.1) is 33.9 Å². The Hall–Kier alpha value is -4.55. The van der Waals surface area contributed by atoms with E-state index < -0.39 is 5.44 Å². The van der Waals surface area contributed by atoms with Crippen molar-refractivity contribution >= 4 is 30.1 Å². The number of benzene rings is 3. The van der Waals surface area contributed by atoms with E-state index in [1.54, 1.807) is 6.20 Å². The number of halogens is 1. The molecule has 1 aliphatic carbocycles. The Labute approximate surface area is 240 Å². The summed E-state index contributed by atoms with van der Waals surface area (Å²) in [5, 5.41) is 20.4. The van der Waals surface area contributed by atoms with Gasteiger partial charge in [0.15, 0.2) is 0 Å². The predicted octanol–water partition coefficient (Wildman–Crippen LogP) is 5.34. The fraction of sp³-hybridized carbons (Fsp3) is 0.250. The van der Waals surface area contributed by atoms with Crippen molar-refractivity contribution in [2.75, 3.05) is 10.6 Å². The van der Waals surface area contributed by atoms with Crippen LogP contribution in [0.3, 0.4) is 0 Å². The first-order chi connectivity index (χ1) is 19.9. The SMILES string of the molecule is BC(Nc1cc(C)c2ncc(C#N)c(N[C@H](CC)c3ccccc3)c2c1)(C1=CN(C2CC2)NN1)c1ccc(F)cc1. The number of pyridine rings is 1. The first kappa shape index (κ1) is 26.7. The van der Waals surface area contributed by atoms with Crippen LogP contribution in [0, 0.1) is 24.1 Å². The van der Waals surface area contributed by atoms with Crippen LogP contribution in [0.25, 0.3) is 10.9 Å². The standard InChI is InChI=1S/C32H33BFN7/c1-3-28(21-7-5-4-6-8-21)37-31-22(17-35)18-36-30-20(2)15-25(16-27(30)31)38-32(33,23-9-11-24(34)12-10-23)29-19-41(40-39-29)26-13-14-26/h4-12,15-16,18-19,26,28,38-40H,3,13-14,33H2,1-2H3,(H,36,37)/t28-,32?/m1/s1. The molecule has 0 radical (unpaired) electrons. The molecule has 4 aromatic rings. The van der Waals surface area contributed by atoms with Crippen molar-refractivity contribution < 1.29 is 4.39 Å². The van der Waals surface area contributed by atoms with Crippen molar-refractivity contribution in [1.29, 1.82) is 5.26 Å². The molecular weight excluding hydrogens is 512 g/mol. The molecule has 0 bridgehead atoms. The number of nitriles is 1. The number of fused-ring (bicyclic) bond motifs is 1. The van der Waals surface area contributed by atoms with E-state index in [1.807, 2.05) is 37.3 Å². The Morgan fingerprint density at radius 2 is 1.93 bits per heavy atom. The summed E-state index contributed by atoms with van der Waals surface area (Å²) in [6, 6.07) is 23.8. The van der Waals surface area contributed by atoms with E-state index in [9.17, 15) is 9.65 Å². The molecule has 9 heteroatoms. The molecular formula is C32H33BFN7. The lowest BCUT2D eigenvalue weighted by Crippen LogP contribution is -2.45. The van der Waals surface area contributed by atoms with Crippen molar-refractivity contribution in [3.8, 4) is 6.07 Å². The molecule has 1 unspecified atom stereocenters. The molecule has 2 atom stereocenters. The number of nitrogens with one attached hydrogen (secondary N) is 4. The molecule has 2 heterocycles. The van der Waals surface area contributed by atoms with Crippen molar-refractivity contribution in [2.45, 2.75) is 50.6 Å². The van der Waals surface area contributed by atoms with Gasteiger partial charge in [0.1, 0.15) is 19.7 Å². The van der Waals surface area contributed by atoms with Crippen LogP contribution < -0.4 is 21.6 Å². The number of hydrogen-bond donors (Lipinski definition) is 4. The number of aryl methyl sites for hydroxylation is 1. The molecule has 1 saturated carbocycles. The molecule has 1 aromatic heterocycles. The Morgan fingerprint density at radius 3 is 2.61 bits per heavy atom. The summed E-state index contributed by atoms with van der Waals surface area (Å²) in [5.74, 6) is -0.279. The second-order valence-electron chi connectivity index (χ2n) is 11.0. The lowest BCUT2D eigenvalue weighted by atomic mass is 9.69. The Balaban J connectivity index is 1.44.